The summed E-state index contributed by atoms with van der Waals surface area (Å²) in [7, 11) is 0. The highest BCUT2D eigenvalue weighted by Gasteiger charge is 2.34. The molecule has 2 aromatic rings. The molecule has 3 heterocycles. The van der Waals surface area contributed by atoms with Gasteiger partial charge in [0.15, 0.2) is 0 Å². The van der Waals surface area contributed by atoms with E-state index in [0.29, 0.717) is 19.6 Å². The highest BCUT2D eigenvalue weighted by atomic mass is 16.2. The number of aromatic nitrogens is 3. The van der Waals surface area contributed by atoms with Crippen LogP contribution in [0.4, 0.5) is 0 Å². The molecule has 1 aliphatic heterocycles. The Morgan fingerprint density at radius 3 is 2.89 bits per heavy atom. The Hall–Kier alpha value is -2.70. The number of likely N-dealkylation sites (tertiary alicyclic amines) is 1. The van der Waals surface area contributed by atoms with Gasteiger partial charge in [-0.05, 0) is 31.9 Å². The zero-order valence-electron chi connectivity index (χ0n) is 16.2. The summed E-state index contributed by atoms with van der Waals surface area (Å²) in [5.41, 5.74) is 4.08. The number of hydrogen-bond donors (Lipinski definition) is 1. The first kappa shape index (κ1) is 19.1. The summed E-state index contributed by atoms with van der Waals surface area (Å²) in [4.78, 5) is 30.7. The van der Waals surface area contributed by atoms with E-state index in [9.17, 15) is 9.59 Å². The third-order valence-electron chi connectivity index (χ3n) is 5.09. The number of aryl methyl sites for hydroxylation is 2. The van der Waals surface area contributed by atoms with Crippen LogP contribution in [0.25, 0.3) is 0 Å². The fraction of sp³-hybridized carbons (Fsp3) is 0.500. The van der Waals surface area contributed by atoms with Crippen LogP contribution in [0.2, 0.25) is 0 Å². The van der Waals surface area contributed by atoms with Crippen molar-refractivity contribution >= 4 is 11.8 Å². The van der Waals surface area contributed by atoms with Crippen molar-refractivity contribution < 1.29 is 9.59 Å². The smallest absolute Gasteiger partial charge is 0.225 e. The Labute approximate surface area is 159 Å². The third kappa shape index (κ3) is 4.35. The fourth-order valence-electron chi connectivity index (χ4n) is 3.55. The first-order valence-corrected chi connectivity index (χ1v) is 9.46. The minimum atomic E-state index is -0.305. The average molecular weight is 369 g/mol. The summed E-state index contributed by atoms with van der Waals surface area (Å²) in [6, 6.07) is 3.79. The molecule has 1 N–H and O–H groups in total. The number of hydrogen-bond acceptors (Lipinski definition) is 4. The molecule has 0 radical (unpaired) electrons. The average Bonchev–Trinajstić information content (AvgIpc) is 3.14. The highest BCUT2D eigenvalue weighted by Crippen LogP contribution is 2.21. The van der Waals surface area contributed by atoms with Crippen molar-refractivity contribution in [1.29, 1.82) is 0 Å². The predicted molar refractivity (Wildman–Crippen MR) is 102 cm³/mol. The summed E-state index contributed by atoms with van der Waals surface area (Å²) in [6.07, 6.45) is 4.74. The van der Waals surface area contributed by atoms with Crippen molar-refractivity contribution in [2.24, 2.45) is 5.92 Å². The predicted octanol–water partition coefficient (Wildman–Crippen LogP) is 1.97. The van der Waals surface area contributed by atoms with E-state index >= 15 is 0 Å². The van der Waals surface area contributed by atoms with E-state index in [2.05, 4.69) is 22.3 Å². The van der Waals surface area contributed by atoms with Crippen molar-refractivity contribution in [3.8, 4) is 0 Å². The van der Waals surface area contributed by atoms with E-state index < -0.39 is 0 Å². The topological polar surface area (TPSA) is 80.1 Å². The second kappa shape index (κ2) is 8.33. The van der Waals surface area contributed by atoms with Gasteiger partial charge >= 0.3 is 0 Å². The Balaban J connectivity index is 1.57. The van der Waals surface area contributed by atoms with Gasteiger partial charge < -0.3 is 10.2 Å². The second-order valence-corrected chi connectivity index (χ2v) is 7.13. The summed E-state index contributed by atoms with van der Waals surface area (Å²) >= 11 is 0. The minimum absolute atomic E-state index is 0.0159. The molecule has 1 fully saturated rings. The van der Waals surface area contributed by atoms with E-state index in [1.807, 2.05) is 30.7 Å². The number of carbonyl (C=O) groups excluding carboxylic acids is 2. The lowest BCUT2D eigenvalue weighted by Crippen LogP contribution is -2.32. The molecule has 3 rings (SSSR count). The molecule has 1 unspecified atom stereocenters. The molecule has 7 nitrogen and oxygen atoms in total. The molecule has 1 aliphatic rings. The summed E-state index contributed by atoms with van der Waals surface area (Å²) in [6.45, 7) is 8.40. The standard InChI is InChI=1S/C20H27N5O2/c1-4-8-25-15(3)18(14(2)23-25)11-22-20(27)17-9-19(26)24(13-17)12-16-6-5-7-21-10-16/h5-7,10,17H,4,8-9,11-13H2,1-3H3,(H,22,27). The van der Waals surface area contributed by atoms with E-state index in [0.717, 1.165) is 35.5 Å². The highest BCUT2D eigenvalue weighted by molar-refractivity contribution is 5.89. The molecular weight excluding hydrogens is 342 g/mol. The minimum Gasteiger partial charge on any atom is -0.352 e. The molecule has 0 spiro atoms. The van der Waals surface area contributed by atoms with Crippen molar-refractivity contribution in [3.05, 3.63) is 47.0 Å². The monoisotopic (exact) mass is 369 g/mol. The zero-order valence-corrected chi connectivity index (χ0v) is 16.2. The van der Waals surface area contributed by atoms with Gasteiger partial charge in [-0.3, -0.25) is 19.3 Å². The normalized spacial score (nSPS) is 16.8. The Kier molecular flexibility index (Phi) is 5.88. The van der Waals surface area contributed by atoms with Crippen LogP contribution in [0, 0.1) is 19.8 Å². The molecule has 2 amide bonds. The molecule has 0 bridgehead atoms. The van der Waals surface area contributed by atoms with E-state index in [4.69, 9.17) is 0 Å². The number of carbonyl (C=O) groups is 2. The number of nitrogens with one attached hydrogen (secondary N) is 1. The summed E-state index contributed by atoms with van der Waals surface area (Å²) in [5, 5.41) is 7.54. The molecule has 0 saturated carbocycles. The van der Waals surface area contributed by atoms with Crippen molar-refractivity contribution in [2.75, 3.05) is 6.54 Å². The van der Waals surface area contributed by atoms with Crippen LogP contribution in [-0.2, 0) is 29.2 Å². The van der Waals surface area contributed by atoms with Gasteiger partial charge in [0, 0.05) is 56.3 Å². The van der Waals surface area contributed by atoms with Gasteiger partial charge in [0.25, 0.3) is 0 Å². The number of nitrogens with zero attached hydrogens (tertiary/aromatic N) is 4. The molecule has 1 saturated heterocycles. The number of amides is 2. The molecule has 0 aromatic carbocycles. The largest absolute Gasteiger partial charge is 0.352 e. The zero-order chi connectivity index (χ0) is 19.4. The molecule has 27 heavy (non-hydrogen) atoms. The van der Waals surface area contributed by atoms with Gasteiger partial charge in [0.1, 0.15) is 0 Å². The first-order chi connectivity index (χ1) is 13.0. The van der Waals surface area contributed by atoms with E-state index in [-0.39, 0.29) is 24.2 Å². The van der Waals surface area contributed by atoms with Gasteiger partial charge in [-0.1, -0.05) is 13.0 Å². The quantitative estimate of drug-likeness (QED) is 0.809. The lowest BCUT2D eigenvalue weighted by molar-refractivity contribution is -0.129. The Morgan fingerprint density at radius 2 is 2.19 bits per heavy atom. The number of pyridine rings is 1. The third-order valence-corrected chi connectivity index (χ3v) is 5.09. The van der Waals surface area contributed by atoms with Crippen molar-refractivity contribution in [3.63, 3.8) is 0 Å². The maximum atomic E-state index is 12.6. The first-order valence-electron chi connectivity index (χ1n) is 9.46. The van der Waals surface area contributed by atoms with Crippen molar-refractivity contribution in [1.82, 2.24) is 25.0 Å². The molecule has 2 aromatic heterocycles. The van der Waals surface area contributed by atoms with Gasteiger partial charge in [-0.25, -0.2) is 0 Å². The fourth-order valence-corrected chi connectivity index (χ4v) is 3.55. The van der Waals surface area contributed by atoms with Crippen LogP contribution in [0.3, 0.4) is 0 Å². The maximum absolute atomic E-state index is 12.6. The Morgan fingerprint density at radius 1 is 1.37 bits per heavy atom. The molecule has 1 atom stereocenters. The maximum Gasteiger partial charge on any atom is 0.225 e. The lowest BCUT2D eigenvalue weighted by atomic mass is 10.1. The molecular formula is C20H27N5O2. The van der Waals surface area contributed by atoms with Crippen LogP contribution in [0.5, 0.6) is 0 Å². The lowest BCUT2D eigenvalue weighted by Gasteiger charge is -2.16. The van der Waals surface area contributed by atoms with Crippen LogP contribution < -0.4 is 5.32 Å². The second-order valence-electron chi connectivity index (χ2n) is 7.13. The molecule has 144 valence electrons. The van der Waals surface area contributed by atoms with Crippen LogP contribution in [-0.4, -0.2) is 38.0 Å². The SMILES string of the molecule is CCCn1nc(C)c(CNC(=O)C2CC(=O)N(Cc3cccnc3)C2)c1C. The van der Waals surface area contributed by atoms with Gasteiger partial charge in [-0.2, -0.15) is 5.10 Å². The van der Waals surface area contributed by atoms with Crippen LogP contribution in [0.15, 0.2) is 24.5 Å². The van der Waals surface area contributed by atoms with E-state index in [1.165, 1.54) is 0 Å². The van der Waals surface area contributed by atoms with Gasteiger partial charge in [0.05, 0.1) is 11.6 Å². The summed E-state index contributed by atoms with van der Waals surface area (Å²) < 4.78 is 1.99. The molecule has 0 aliphatic carbocycles. The van der Waals surface area contributed by atoms with Crippen molar-refractivity contribution in [2.45, 2.75) is 53.2 Å². The summed E-state index contributed by atoms with van der Waals surface area (Å²) in [5.74, 6) is -0.360. The molecule has 7 heteroatoms. The van der Waals surface area contributed by atoms with Crippen LogP contribution >= 0.6 is 0 Å². The number of rotatable bonds is 7. The van der Waals surface area contributed by atoms with Gasteiger partial charge in [-0.15, -0.1) is 0 Å². The van der Waals surface area contributed by atoms with Crippen LogP contribution in [0.1, 0.15) is 42.3 Å². The Bertz CT molecular complexity index is 815. The van der Waals surface area contributed by atoms with E-state index in [1.54, 1.807) is 17.3 Å². The van der Waals surface area contributed by atoms with Gasteiger partial charge in [0.2, 0.25) is 11.8 Å².